The number of nitrogens with one attached hydrogen (secondary N) is 2. The molecule has 3 nitrogen and oxygen atoms in total. The van der Waals surface area contributed by atoms with E-state index in [2.05, 4.69) is 46.2 Å². The Hall–Kier alpha value is -1.61. The van der Waals surface area contributed by atoms with Gasteiger partial charge in [-0.2, -0.15) is 0 Å². The summed E-state index contributed by atoms with van der Waals surface area (Å²) in [6.45, 7) is 0.869. The number of hydrogen-bond acceptors (Lipinski definition) is 3. The molecular formula is C16H21N3. The molecule has 3 heteroatoms. The molecule has 0 unspecified atom stereocenters. The third-order valence-electron chi connectivity index (χ3n) is 4.29. The molecule has 0 atom stereocenters. The van der Waals surface area contributed by atoms with Crippen molar-refractivity contribution in [3.05, 3.63) is 35.5 Å². The third-order valence-corrected chi connectivity index (χ3v) is 4.29. The van der Waals surface area contributed by atoms with Crippen LogP contribution in [0.2, 0.25) is 0 Å². The Labute approximate surface area is 114 Å². The van der Waals surface area contributed by atoms with Gasteiger partial charge in [0.15, 0.2) is 0 Å². The van der Waals surface area contributed by atoms with E-state index in [9.17, 15) is 0 Å². The van der Waals surface area contributed by atoms with Gasteiger partial charge in [0.05, 0.1) is 5.69 Å². The molecular weight excluding hydrogens is 234 g/mol. The highest BCUT2D eigenvalue weighted by Crippen LogP contribution is 2.50. The van der Waals surface area contributed by atoms with Crippen molar-refractivity contribution in [2.45, 2.75) is 24.7 Å². The minimum atomic E-state index is 0.260. The van der Waals surface area contributed by atoms with Gasteiger partial charge >= 0.3 is 0 Å². The van der Waals surface area contributed by atoms with Gasteiger partial charge in [-0.15, -0.1) is 0 Å². The van der Waals surface area contributed by atoms with Crippen molar-refractivity contribution in [2.75, 3.05) is 20.6 Å². The quantitative estimate of drug-likeness (QED) is 0.867. The molecule has 3 rings (SSSR count). The van der Waals surface area contributed by atoms with Crippen molar-refractivity contribution in [3.63, 3.8) is 0 Å². The molecule has 1 aromatic carbocycles. The van der Waals surface area contributed by atoms with Crippen LogP contribution in [0.4, 0.5) is 5.69 Å². The fourth-order valence-electron chi connectivity index (χ4n) is 3.07. The molecule has 1 aliphatic carbocycles. The molecule has 19 heavy (non-hydrogen) atoms. The molecule has 0 bridgehead atoms. The first-order chi connectivity index (χ1) is 9.29. The van der Waals surface area contributed by atoms with E-state index in [1.807, 2.05) is 14.1 Å². The molecule has 0 amide bonds. The molecule has 2 aliphatic rings. The van der Waals surface area contributed by atoms with Crippen LogP contribution in [0, 0.1) is 0 Å². The molecule has 1 fully saturated rings. The SMILES string of the molecule is CN/C=C(\CNC)c1ccc2c(c1)C1(C=N2)CCC1. The van der Waals surface area contributed by atoms with E-state index >= 15 is 0 Å². The van der Waals surface area contributed by atoms with E-state index in [1.165, 1.54) is 36.0 Å². The monoisotopic (exact) mass is 255 g/mol. The molecule has 2 N–H and O–H groups in total. The number of fused-ring (bicyclic) bond motifs is 2. The predicted octanol–water partition coefficient (Wildman–Crippen LogP) is 2.60. The van der Waals surface area contributed by atoms with E-state index in [0.29, 0.717) is 0 Å². The fourth-order valence-corrected chi connectivity index (χ4v) is 3.07. The van der Waals surface area contributed by atoms with Crippen LogP contribution in [0.5, 0.6) is 0 Å². The van der Waals surface area contributed by atoms with Crippen LogP contribution in [0.1, 0.15) is 30.4 Å². The summed E-state index contributed by atoms with van der Waals surface area (Å²) in [4.78, 5) is 4.59. The van der Waals surface area contributed by atoms with Crippen molar-refractivity contribution in [2.24, 2.45) is 4.99 Å². The summed E-state index contributed by atoms with van der Waals surface area (Å²) in [5.74, 6) is 0. The maximum atomic E-state index is 4.59. The first-order valence-electron chi connectivity index (χ1n) is 7.00. The highest BCUT2D eigenvalue weighted by molar-refractivity contribution is 5.87. The summed E-state index contributed by atoms with van der Waals surface area (Å²) < 4.78 is 0. The van der Waals surface area contributed by atoms with Crippen LogP contribution in [0.3, 0.4) is 0 Å². The summed E-state index contributed by atoms with van der Waals surface area (Å²) in [6, 6.07) is 6.67. The van der Waals surface area contributed by atoms with Gasteiger partial charge in [-0.1, -0.05) is 12.5 Å². The largest absolute Gasteiger partial charge is 0.394 e. The van der Waals surface area contributed by atoms with Crippen molar-refractivity contribution < 1.29 is 0 Å². The molecule has 1 aliphatic heterocycles. The van der Waals surface area contributed by atoms with Gasteiger partial charge in [0.2, 0.25) is 0 Å². The molecule has 0 saturated heterocycles. The van der Waals surface area contributed by atoms with Gasteiger partial charge in [0.25, 0.3) is 0 Å². The number of likely N-dealkylation sites (N-methyl/N-ethyl adjacent to an activating group) is 1. The fraction of sp³-hybridized carbons (Fsp3) is 0.438. The average molecular weight is 255 g/mol. The first-order valence-corrected chi connectivity index (χ1v) is 7.00. The zero-order chi connectivity index (χ0) is 13.3. The molecule has 1 aromatic rings. The van der Waals surface area contributed by atoms with E-state index in [-0.39, 0.29) is 5.41 Å². The van der Waals surface area contributed by atoms with Crippen molar-refractivity contribution in [1.82, 2.24) is 10.6 Å². The van der Waals surface area contributed by atoms with Crippen LogP contribution in [0.15, 0.2) is 29.4 Å². The molecule has 0 aromatic heterocycles. The van der Waals surface area contributed by atoms with Gasteiger partial charge in [-0.3, -0.25) is 4.99 Å². The van der Waals surface area contributed by atoms with Crippen LogP contribution in [-0.4, -0.2) is 26.9 Å². The number of rotatable bonds is 4. The second-order valence-electron chi connectivity index (χ2n) is 5.49. The molecule has 1 saturated carbocycles. The topological polar surface area (TPSA) is 36.4 Å². The lowest BCUT2D eigenvalue weighted by molar-refractivity contribution is 0.354. The lowest BCUT2D eigenvalue weighted by Gasteiger charge is -2.36. The maximum absolute atomic E-state index is 4.59. The Bertz CT molecular complexity index is 539. The standard InChI is InChI=1S/C16H21N3/c1-17-9-13(10-18-2)12-4-5-15-14(8-12)16(11-19-15)6-3-7-16/h4-5,8-9,11,17-18H,3,6-7,10H2,1-2H3/b13-9+. The Morgan fingerprint density at radius 1 is 1.37 bits per heavy atom. The predicted molar refractivity (Wildman–Crippen MR) is 81.1 cm³/mol. The minimum absolute atomic E-state index is 0.260. The molecule has 1 heterocycles. The summed E-state index contributed by atoms with van der Waals surface area (Å²) >= 11 is 0. The smallest absolute Gasteiger partial charge is 0.0667 e. The lowest BCUT2D eigenvalue weighted by Crippen LogP contribution is -2.33. The Morgan fingerprint density at radius 2 is 2.21 bits per heavy atom. The highest BCUT2D eigenvalue weighted by atomic mass is 14.8. The molecule has 1 spiro atoms. The minimum Gasteiger partial charge on any atom is -0.394 e. The van der Waals surface area contributed by atoms with E-state index < -0.39 is 0 Å². The Balaban J connectivity index is 1.98. The second kappa shape index (κ2) is 4.82. The number of benzene rings is 1. The summed E-state index contributed by atoms with van der Waals surface area (Å²) in [5.41, 5.74) is 5.43. The second-order valence-corrected chi connectivity index (χ2v) is 5.49. The van der Waals surface area contributed by atoms with Crippen molar-refractivity contribution in [1.29, 1.82) is 0 Å². The first kappa shape index (κ1) is 12.4. The Morgan fingerprint density at radius 3 is 2.84 bits per heavy atom. The zero-order valence-corrected chi connectivity index (χ0v) is 11.7. The van der Waals surface area contributed by atoms with Gasteiger partial charge in [0.1, 0.15) is 0 Å². The van der Waals surface area contributed by atoms with Crippen molar-refractivity contribution in [3.8, 4) is 0 Å². The zero-order valence-electron chi connectivity index (χ0n) is 11.7. The summed E-state index contributed by atoms with van der Waals surface area (Å²) in [7, 11) is 3.92. The van der Waals surface area contributed by atoms with Crippen LogP contribution < -0.4 is 10.6 Å². The maximum Gasteiger partial charge on any atom is 0.0667 e. The average Bonchev–Trinajstić information content (AvgIpc) is 2.77. The molecule has 100 valence electrons. The summed E-state index contributed by atoms with van der Waals surface area (Å²) in [5, 5.41) is 6.36. The van der Waals surface area contributed by atoms with Crippen LogP contribution in [0.25, 0.3) is 5.57 Å². The van der Waals surface area contributed by atoms with Gasteiger partial charge in [-0.25, -0.2) is 0 Å². The normalized spacial score (nSPS) is 19.4. The Kier molecular flexibility index (Phi) is 3.15. The van der Waals surface area contributed by atoms with Crippen molar-refractivity contribution >= 4 is 17.5 Å². The number of hydrogen-bond donors (Lipinski definition) is 2. The van der Waals surface area contributed by atoms with Gasteiger partial charge in [0, 0.05) is 31.4 Å². The van der Waals surface area contributed by atoms with Gasteiger partial charge < -0.3 is 10.6 Å². The third kappa shape index (κ3) is 1.98. The van der Waals surface area contributed by atoms with Crippen LogP contribution in [-0.2, 0) is 5.41 Å². The lowest BCUT2D eigenvalue weighted by atomic mass is 9.66. The number of aliphatic imine (C=N–C) groups is 1. The number of nitrogens with zero attached hydrogens (tertiary/aromatic N) is 1. The van der Waals surface area contributed by atoms with E-state index in [0.717, 1.165) is 12.2 Å². The summed E-state index contributed by atoms with van der Waals surface area (Å²) in [6.07, 6.45) is 8.07. The van der Waals surface area contributed by atoms with Gasteiger partial charge in [-0.05, 0) is 48.7 Å². The van der Waals surface area contributed by atoms with Crippen LogP contribution >= 0.6 is 0 Å². The highest BCUT2D eigenvalue weighted by Gasteiger charge is 2.41. The van der Waals surface area contributed by atoms with E-state index in [4.69, 9.17) is 0 Å². The molecule has 0 radical (unpaired) electrons. The van der Waals surface area contributed by atoms with E-state index in [1.54, 1.807) is 0 Å².